The maximum atomic E-state index is 11.8. The van der Waals surface area contributed by atoms with Crippen molar-refractivity contribution in [1.82, 2.24) is 4.98 Å². The largest absolute Gasteiger partial charge is 0.476 e. The number of anilines is 1. The lowest BCUT2D eigenvalue weighted by molar-refractivity contribution is 0.00360. The fraction of sp³-hybridized carbons (Fsp3) is 0.429. The van der Waals surface area contributed by atoms with E-state index in [0.29, 0.717) is 0 Å². The molecule has 1 rings (SSSR count). The molecule has 0 saturated carbocycles. The molecule has 84 valence electrons. The van der Waals surface area contributed by atoms with Crippen molar-refractivity contribution < 1.29 is 28.2 Å². The van der Waals surface area contributed by atoms with Gasteiger partial charge in [0.2, 0.25) is 0 Å². The number of nitrogens with zero attached hydrogens (tertiary/aromatic N) is 1. The molecule has 1 atom stereocenters. The fourth-order valence-electron chi connectivity index (χ4n) is 0.734. The highest BCUT2D eigenvalue weighted by Gasteiger charge is 2.17. The summed E-state index contributed by atoms with van der Waals surface area (Å²) in [5.41, 5.74) is -0.343. The summed E-state index contributed by atoms with van der Waals surface area (Å²) in [6.45, 7) is -0.475. The Kier molecular flexibility index (Phi) is 3.56. The standard InChI is InChI=1S/C7H8F2N2O4/c8-5(9)4(12)1-10-7-11-3(2-15-7)6(13)14/h2,4-5,12H,1H2,(H,10,11)(H,13,14). The SMILES string of the molecule is O=C(O)c1coc(NCC(O)C(F)F)n1. The lowest BCUT2D eigenvalue weighted by atomic mass is 10.4. The molecule has 0 aliphatic carbocycles. The van der Waals surface area contributed by atoms with Crippen LogP contribution in [-0.2, 0) is 0 Å². The summed E-state index contributed by atoms with van der Waals surface area (Å²) in [7, 11) is 0. The van der Waals surface area contributed by atoms with Crippen LogP contribution in [-0.4, -0.2) is 40.2 Å². The van der Waals surface area contributed by atoms with Crippen LogP contribution < -0.4 is 5.32 Å². The van der Waals surface area contributed by atoms with Crippen LogP contribution in [0.1, 0.15) is 10.5 Å². The van der Waals surface area contributed by atoms with Crippen LogP contribution in [0.5, 0.6) is 0 Å². The number of hydrogen-bond donors (Lipinski definition) is 3. The molecule has 8 heteroatoms. The first-order valence-electron chi connectivity index (χ1n) is 3.89. The van der Waals surface area contributed by atoms with E-state index < -0.39 is 25.0 Å². The molecule has 3 N–H and O–H groups in total. The van der Waals surface area contributed by atoms with Gasteiger partial charge in [0, 0.05) is 0 Å². The van der Waals surface area contributed by atoms with Gasteiger partial charge in [-0.3, -0.25) is 0 Å². The Labute approximate surface area is 82.5 Å². The number of alkyl halides is 2. The van der Waals surface area contributed by atoms with Gasteiger partial charge in [-0.2, -0.15) is 4.98 Å². The van der Waals surface area contributed by atoms with E-state index in [4.69, 9.17) is 10.2 Å². The van der Waals surface area contributed by atoms with E-state index in [1.165, 1.54) is 0 Å². The number of carboxylic acids is 1. The Balaban J connectivity index is 2.48. The first-order valence-corrected chi connectivity index (χ1v) is 3.89. The third-order valence-electron chi connectivity index (χ3n) is 1.48. The fourth-order valence-corrected chi connectivity index (χ4v) is 0.734. The van der Waals surface area contributed by atoms with Crippen molar-refractivity contribution in [2.75, 3.05) is 11.9 Å². The highest BCUT2D eigenvalue weighted by molar-refractivity contribution is 5.85. The van der Waals surface area contributed by atoms with Gasteiger partial charge in [0.25, 0.3) is 12.4 Å². The predicted molar refractivity (Wildman–Crippen MR) is 44.0 cm³/mol. The van der Waals surface area contributed by atoms with Crippen molar-refractivity contribution in [3.05, 3.63) is 12.0 Å². The van der Waals surface area contributed by atoms with Crippen molar-refractivity contribution in [1.29, 1.82) is 0 Å². The van der Waals surface area contributed by atoms with Gasteiger partial charge in [-0.1, -0.05) is 0 Å². The summed E-state index contributed by atoms with van der Waals surface area (Å²) in [6, 6.07) is -0.230. The maximum Gasteiger partial charge on any atom is 0.357 e. The molecule has 1 heterocycles. The van der Waals surface area contributed by atoms with Gasteiger partial charge in [0.1, 0.15) is 12.4 Å². The molecule has 0 fully saturated rings. The molecule has 1 aromatic heterocycles. The summed E-state index contributed by atoms with van der Waals surface area (Å²) in [6.07, 6.45) is -3.88. The van der Waals surface area contributed by atoms with E-state index in [9.17, 15) is 13.6 Å². The topological polar surface area (TPSA) is 95.6 Å². The molecule has 0 bridgehead atoms. The first-order chi connectivity index (χ1) is 7.00. The third kappa shape index (κ3) is 3.17. The quantitative estimate of drug-likeness (QED) is 0.667. The number of carboxylic acid groups (broad SMARTS) is 1. The van der Waals surface area contributed by atoms with Crippen LogP contribution >= 0.6 is 0 Å². The van der Waals surface area contributed by atoms with Crippen molar-refractivity contribution in [3.8, 4) is 0 Å². The normalized spacial score (nSPS) is 12.8. The van der Waals surface area contributed by atoms with Crippen molar-refractivity contribution in [2.24, 2.45) is 0 Å². The summed E-state index contributed by atoms with van der Waals surface area (Å²) < 4.78 is 28.3. The van der Waals surface area contributed by atoms with Crippen LogP contribution in [0, 0.1) is 0 Å². The average Bonchev–Trinajstić information content (AvgIpc) is 2.62. The third-order valence-corrected chi connectivity index (χ3v) is 1.48. The zero-order valence-electron chi connectivity index (χ0n) is 7.35. The Morgan fingerprint density at radius 2 is 2.33 bits per heavy atom. The summed E-state index contributed by atoms with van der Waals surface area (Å²) in [5.74, 6) is -1.29. The minimum absolute atomic E-state index is 0.230. The highest BCUT2D eigenvalue weighted by atomic mass is 19.3. The molecular weight excluding hydrogens is 214 g/mol. The smallest absolute Gasteiger partial charge is 0.357 e. The number of aromatic nitrogens is 1. The van der Waals surface area contributed by atoms with Crippen molar-refractivity contribution in [3.63, 3.8) is 0 Å². The second-order valence-electron chi connectivity index (χ2n) is 2.63. The zero-order chi connectivity index (χ0) is 11.4. The van der Waals surface area contributed by atoms with Gasteiger partial charge >= 0.3 is 5.97 Å². The van der Waals surface area contributed by atoms with Gasteiger partial charge in [0.15, 0.2) is 5.69 Å². The van der Waals surface area contributed by atoms with E-state index in [1.807, 2.05) is 0 Å². The molecular formula is C7H8F2N2O4. The number of halogens is 2. The molecule has 6 nitrogen and oxygen atoms in total. The molecule has 0 amide bonds. The predicted octanol–water partition coefficient (Wildman–Crippen LogP) is 0.411. The summed E-state index contributed by atoms with van der Waals surface area (Å²) in [4.78, 5) is 13.7. The van der Waals surface area contributed by atoms with Crippen LogP contribution in [0.4, 0.5) is 14.8 Å². The Morgan fingerprint density at radius 1 is 1.67 bits per heavy atom. The number of aliphatic hydroxyl groups is 1. The second-order valence-corrected chi connectivity index (χ2v) is 2.63. The number of hydrogen-bond acceptors (Lipinski definition) is 5. The highest BCUT2D eigenvalue weighted by Crippen LogP contribution is 2.08. The number of rotatable bonds is 5. The monoisotopic (exact) mass is 222 g/mol. The lowest BCUT2D eigenvalue weighted by Crippen LogP contribution is -2.26. The Morgan fingerprint density at radius 3 is 2.80 bits per heavy atom. The average molecular weight is 222 g/mol. The van der Waals surface area contributed by atoms with Gasteiger partial charge < -0.3 is 19.9 Å². The molecule has 0 spiro atoms. The Bertz CT molecular complexity index is 341. The minimum atomic E-state index is -2.88. The van der Waals surface area contributed by atoms with Crippen molar-refractivity contribution in [2.45, 2.75) is 12.5 Å². The number of nitrogens with one attached hydrogen (secondary N) is 1. The van der Waals surface area contributed by atoms with E-state index in [1.54, 1.807) is 0 Å². The van der Waals surface area contributed by atoms with E-state index in [-0.39, 0.29) is 11.7 Å². The lowest BCUT2D eigenvalue weighted by Gasteiger charge is -2.08. The van der Waals surface area contributed by atoms with Crippen LogP contribution in [0.2, 0.25) is 0 Å². The molecule has 15 heavy (non-hydrogen) atoms. The molecule has 0 radical (unpaired) electrons. The first kappa shape index (κ1) is 11.4. The molecule has 1 aromatic rings. The number of oxazole rings is 1. The minimum Gasteiger partial charge on any atom is -0.476 e. The number of carbonyl (C=O) groups is 1. The van der Waals surface area contributed by atoms with Crippen LogP contribution in [0.3, 0.4) is 0 Å². The second kappa shape index (κ2) is 4.69. The molecule has 0 saturated heterocycles. The molecule has 0 aliphatic heterocycles. The van der Waals surface area contributed by atoms with E-state index in [2.05, 4.69) is 14.7 Å². The van der Waals surface area contributed by atoms with Crippen LogP contribution in [0.15, 0.2) is 10.7 Å². The number of aliphatic hydroxyl groups excluding tert-OH is 1. The van der Waals surface area contributed by atoms with E-state index in [0.717, 1.165) is 6.26 Å². The van der Waals surface area contributed by atoms with Crippen molar-refractivity contribution >= 4 is 12.0 Å². The molecule has 0 aliphatic rings. The van der Waals surface area contributed by atoms with Gasteiger partial charge in [-0.15, -0.1) is 0 Å². The van der Waals surface area contributed by atoms with E-state index >= 15 is 0 Å². The van der Waals surface area contributed by atoms with Gasteiger partial charge in [0.05, 0.1) is 6.54 Å². The zero-order valence-corrected chi connectivity index (χ0v) is 7.35. The molecule has 0 aromatic carbocycles. The number of aromatic carboxylic acids is 1. The Hall–Kier alpha value is -1.70. The summed E-state index contributed by atoms with van der Waals surface area (Å²) >= 11 is 0. The van der Waals surface area contributed by atoms with Crippen LogP contribution in [0.25, 0.3) is 0 Å². The maximum absolute atomic E-state index is 11.8. The summed E-state index contributed by atoms with van der Waals surface area (Å²) in [5, 5.41) is 19.4. The van der Waals surface area contributed by atoms with Gasteiger partial charge in [-0.25, -0.2) is 13.6 Å². The van der Waals surface area contributed by atoms with Gasteiger partial charge in [-0.05, 0) is 0 Å². The molecule has 1 unspecified atom stereocenters.